The monoisotopic (exact) mass is 380 g/mol. The van der Waals surface area contributed by atoms with Gasteiger partial charge >= 0.3 is 0 Å². The van der Waals surface area contributed by atoms with Crippen molar-refractivity contribution in [1.29, 1.82) is 0 Å². The molecule has 26 heavy (non-hydrogen) atoms. The number of hydrogen-bond acceptors (Lipinski definition) is 3. The van der Waals surface area contributed by atoms with E-state index in [0.717, 1.165) is 23.8 Å². The molecule has 2 N–H and O–H groups in total. The molecule has 0 radical (unpaired) electrons. The molecule has 1 aromatic carbocycles. The van der Waals surface area contributed by atoms with Gasteiger partial charge in [0.1, 0.15) is 18.2 Å². The molecule has 0 amide bonds. The summed E-state index contributed by atoms with van der Waals surface area (Å²) in [6.45, 7) is 9.75. The van der Waals surface area contributed by atoms with Gasteiger partial charge in [0, 0.05) is 30.6 Å². The first-order chi connectivity index (χ1) is 12.2. The molecule has 2 rings (SSSR count). The molecular formula is C18H26ClFN6. The third kappa shape index (κ3) is 4.94. The second-order valence-electron chi connectivity index (χ2n) is 6.78. The first-order valence-corrected chi connectivity index (χ1v) is 8.95. The lowest BCUT2D eigenvalue weighted by atomic mass is 9.84. The zero-order valence-corrected chi connectivity index (χ0v) is 16.7. The maximum Gasteiger partial charge on any atom is 0.191 e. The molecule has 2 aromatic rings. The Bertz CT molecular complexity index is 784. The van der Waals surface area contributed by atoms with Crippen LogP contribution in [0.2, 0.25) is 5.02 Å². The van der Waals surface area contributed by atoms with Gasteiger partial charge in [0.15, 0.2) is 11.8 Å². The first kappa shape index (κ1) is 20.2. The van der Waals surface area contributed by atoms with E-state index in [-0.39, 0.29) is 11.2 Å². The summed E-state index contributed by atoms with van der Waals surface area (Å²) in [5.41, 5.74) is 0.579. The van der Waals surface area contributed by atoms with Crippen molar-refractivity contribution in [3.8, 4) is 0 Å². The van der Waals surface area contributed by atoms with Crippen molar-refractivity contribution in [2.75, 3.05) is 13.1 Å². The Labute approximate surface area is 158 Å². The summed E-state index contributed by atoms with van der Waals surface area (Å²) in [4.78, 5) is 4.57. The van der Waals surface area contributed by atoms with Crippen molar-refractivity contribution >= 4 is 17.6 Å². The Morgan fingerprint density at radius 3 is 2.62 bits per heavy atom. The lowest BCUT2D eigenvalue weighted by Crippen LogP contribution is -2.43. The average Bonchev–Trinajstić information content (AvgIpc) is 2.89. The van der Waals surface area contributed by atoms with Crippen molar-refractivity contribution in [2.24, 2.45) is 12.0 Å². The molecule has 0 spiro atoms. The molecule has 1 heterocycles. The first-order valence-electron chi connectivity index (χ1n) is 8.57. The van der Waals surface area contributed by atoms with Crippen molar-refractivity contribution in [2.45, 2.75) is 39.7 Å². The summed E-state index contributed by atoms with van der Waals surface area (Å²) in [7, 11) is 1.92. The molecule has 0 aliphatic heterocycles. The van der Waals surface area contributed by atoms with Gasteiger partial charge < -0.3 is 15.2 Å². The third-order valence-corrected chi connectivity index (χ3v) is 4.58. The smallest absolute Gasteiger partial charge is 0.191 e. The van der Waals surface area contributed by atoms with E-state index in [4.69, 9.17) is 11.6 Å². The van der Waals surface area contributed by atoms with Gasteiger partial charge in [-0.25, -0.2) is 9.38 Å². The number of aliphatic imine (C=N–C) groups is 1. The zero-order valence-electron chi connectivity index (χ0n) is 15.9. The SMILES string of the molecule is CCNC(=NCc1nnc(C)n1C)NCC(C)(C)c1ccc(F)cc1Cl. The number of guanidine groups is 1. The van der Waals surface area contributed by atoms with E-state index in [1.165, 1.54) is 12.1 Å². The number of benzene rings is 1. The lowest BCUT2D eigenvalue weighted by molar-refractivity contribution is 0.507. The van der Waals surface area contributed by atoms with Gasteiger partial charge in [0.25, 0.3) is 0 Å². The third-order valence-electron chi connectivity index (χ3n) is 4.26. The number of aryl methyl sites for hydroxylation is 1. The highest BCUT2D eigenvalue weighted by Crippen LogP contribution is 2.29. The molecule has 1 aromatic heterocycles. The minimum Gasteiger partial charge on any atom is -0.357 e. The molecule has 8 heteroatoms. The summed E-state index contributed by atoms with van der Waals surface area (Å²) in [6.07, 6.45) is 0. The molecule has 0 saturated heterocycles. The molecule has 0 aliphatic rings. The highest BCUT2D eigenvalue weighted by molar-refractivity contribution is 6.31. The van der Waals surface area contributed by atoms with Gasteiger partial charge in [-0.15, -0.1) is 10.2 Å². The molecular weight excluding hydrogens is 355 g/mol. The molecule has 0 fully saturated rings. The maximum absolute atomic E-state index is 13.3. The molecule has 0 unspecified atom stereocenters. The Kier molecular flexibility index (Phi) is 6.58. The van der Waals surface area contributed by atoms with Gasteiger partial charge in [-0.3, -0.25) is 0 Å². The van der Waals surface area contributed by atoms with Crippen molar-refractivity contribution < 1.29 is 4.39 Å². The van der Waals surface area contributed by atoms with E-state index < -0.39 is 0 Å². The van der Waals surface area contributed by atoms with Crippen LogP contribution in [0.5, 0.6) is 0 Å². The Morgan fingerprint density at radius 2 is 2.04 bits per heavy atom. The summed E-state index contributed by atoms with van der Waals surface area (Å²) in [6, 6.07) is 4.50. The molecule has 142 valence electrons. The van der Waals surface area contributed by atoms with Crippen LogP contribution < -0.4 is 10.6 Å². The standard InChI is InChI=1S/C18H26ClFN6/c1-6-21-17(22-10-16-25-24-12(2)26(16)5)23-11-18(3,4)14-8-7-13(20)9-15(14)19/h7-9H,6,10-11H2,1-5H3,(H2,21,22,23). The maximum atomic E-state index is 13.3. The molecule has 0 saturated carbocycles. The van der Waals surface area contributed by atoms with E-state index >= 15 is 0 Å². The highest BCUT2D eigenvalue weighted by Gasteiger charge is 2.24. The lowest BCUT2D eigenvalue weighted by Gasteiger charge is -2.27. The predicted octanol–water partition coefficient (Wildman–Crippen LogP) is 2.95. The van der Waals surface area contributed by atoms with E-state index in [1.54, 1.807) is 6.07 Å². The van der Waals surface area contributed by atoms with E-state index in [0.29, 0.717) is 24.1 Å². The molecule has 0 atom stereocenters. The van der Waals surface area contributed by atoms with Gasteiger partial charge in [-0.2, -0.15) is 0 Å². The average molecular weight is 381 g/mol. The van der Waals surface area contributed by atoms with Gasteiger partial charge in [-0.1, -0.05) is 31.5 Å². The highest BCUT2D eigenvalue weighted by atomic mass is 35.5. The van der Waals surface area contributed by atoms with Crippen LogP contribution in [0.15, 0.2) is 23.2 Å². The molecule has 6 nitrogen and oxygen atoms in total. The number of rotatable bonds is 6. The normalized spacial score (nSPS) is 12.3. The Morgan fingerprint density at radius 1 is 1.31 bits per heavy atom. The number of halogens is 2. The summed E-state index contributed by atoms with van der Waals surface area (Å²) >= 11 is 6.22. The van der Waals surface area contributed by atoms with Crippen LogP contribution in [-0.2, 0) is 19.0 Å². The fourth-order valence-corrected chi connectivity index (χ4v) is 2.94. The van der Waals surface area contributed by atoms with E-state index in [2.05, 4.69) is 39.7 Å². The number of nitrogens with zero attached hydrogens (tertiary/aromatic N) is 4. The predicted molar refractivity (Wildman–Crippen MR) is 103 cm³/mol. The van der Waals surface area contributed by atoms with Crippen LogP contribution >= 0.6 is 11.6 Å². The molecule has 0 aliphatic carbocycles. The Hall–Kier alpha value is -2.15. The van der Waals surface area contributed by atoms with Gasteiger partial charge in [-0.05, 0) is 31.5 Å². The zero-order chi connectivity index (χ0) is 19.3. The fraction of sp³-hybridized carbons (Fsp3) is 0.500. The number of nitrogens with one attached hydrogen (secondary N) is 2. The van der Waals surface area contributed by atoms with Crippen LogP contribution in [0.25, 0.3) is 0 Å². The second kappa shape index (κ2) is 8.49. The van der Waals surface area contributed by atoms with E-state index in [1.807, 2.05) is 25.5 Å². The van der Waals surface area contributed by atoms with Crippen LogP contribution in [0, 0.1) is 12.7 Å². The minimum absolute atomic E-state index is 0.303. The number of hydrogen-bond donors (Lipinski definition) is 2. The van der Waals surface area contributed by atoms with Gasteiger partial charge in [0.05, 0.1) is 0 Å². The summed E-state index contributed by atoms with van der Waals surface area (Å²) in [5.74, 6) is 1.98. The number of aromatic nitrogens is 3. The largest absolute Gasteiger partial charge is 0.357 e. The van der Waals surface area contributed by atoms with Crippen molar-refractivity contribution in [3.05, 3.63) is 46.3 Å². The van der Waals surface area contributed by atoms with Crippen molar-refractivity contribution in [1.82, 2.24) is 25.4 Å². The van der Waals surface area contributed by atoms with Crippen LogP contribution in [0.4, 0.5) is 4.39 Å². The molecule has 0 bridgehead atoms. The van der Waals surface area contributed by atoms with Crippen LogP contribution in [-0.4, -0.2) is 33.8 Å². The Balaban J connectivity index is 2.09. The van der Waals surface area contributed by atoms with Gasteiger partial charge in [0.2, 0.25) is 0 Å². The second-order valence-corrected chi connectivity index (χ2v) is 7.19. The van der Waals surface area contributed by atoms with Crippen LogP contribution in [0.1, 0.15) is 38.0 Å². The minimum atomic E-state index is -0.337. The quantitative estimate of drug-likeness (QED) is 0.597. The summed E-state index contributed by atoms with van der Waals surface area (Å²) in [5, 5.41) is 15.1. The topological polar surface area (TPSA) is 67.1 Å². The van der Waals surface area contributed by atoms with E-state index in [9.17, 15) is 4.39 Å². The van der Waals surface area contributed by atoms with Crippen molar-refractivity contribution in [3.63, 3.8) is 0 Å². The summed E-state index contributed by atoms with van der Waals surface area (Å²) < 4.78 is 15.2. The van der Waals surface area contributed by atoms with Crippen LogP contribution in [0.3, 0.4) is 0 Å². The fourth-order valence-electron chi connectivity index (χ4n) is 2.52.